The highest BCUT2D eigenvalue weighted by Gasteiger charge is 2.12. The van der Waals surface area contributed by atoms with Crippen molar-refractivity contribution in [2.75, 3.05) is 6.54 Å². The third kappa shape index (κ3) is 4.96. The van der Waals surface area contributed by atoms with Gasteiger partial charge in [-0.25, -0.2) is 0 Å². The fourth-order valence-electron chi connectivity index (χ4n) is 2.43. The quantitative estimate of drug-likeness (QED) is 0.537. The zero-order valence-corrected chi connectivity index (χ0v) is 13.1. The second-order valence-electron chi connectivity index (χ2n) is 5.74. The van der Waals surface area contributed by atoms with Crippen molar-refractivity contribution in [3.63, 3.8) is 0 Å². The number of benzene rings is 2. The average Bonchev–Trinajstić information content (AvgIpc) is 2.55. The van der Waals surface area contributed by atoms with Crippen LogP contribution in [0.4, 0.5) is 0 Å². The molecule has 0 saturated carbocycles. The van der Waals surface area contributed by atoms with Crippen LogP contribution in [0.5, 0.6) is 11.5 Å². The van der Waals surface area contributed by atoms with Crippen LogP contribution >= 0.6 is 0 Å². The Hall–Kier alpha value is -2.08. The predicted octanol–water partition coefficient (Wildman–Crippen LogP) is 1.84. The molecule has 0 spiro atoms. The van der Waals surface area contributed by atoms with Gasteiger partial charge in [-0.2, -0.15) is 0 Å². The van der Waals surface area contributed by atoms with E-state index in [1.54, 1.807) is 24.3 Å². The van der Waals surface area contributed by atoms with E-state index >= 15 is 0 Å². The minimum Gasteiger partial charge on any atom is -0.508 e. The normalized spacial score (nSPS) is 13.7. The van der Waals surface area contributed by atoms with Gasteiger partial charge in [0.15, 0.2) is 0 Å². The molecule has 2 unspecified atom stereocenters. The van der Waals surface area contributed by atoms with Gasteiger partial charge in [-0.15, -0.1) is 0 Å². The van der Waals surface area contributed by atoms with Gasteiger partial charge in [-0.1, -0.05) is 18.2 Å². The number of phenolic OH excluding ortho intramolecular Hbond substituents is 1. The van der Waals surface area contributed by atoms with Gasteiger partial charge in [0.25, 0.3) is 0 Å². The lowest BCUT2D eigenvalue weighted by molar-refractivity contribution is 0.170. The number of aliphatic hydroxyl groups excluding tert-OH is 2. The Morgan fingerprint density at radius 2 is 1.74 bits per heavy atom. The van der Waals surface area contributed by atoms with Gasteiger partial charge in [-0.3, -0.25) is 0 Å². The molecular formula is C18H23NO4. The Morgan fingerprint density at radius 3 is 2.39 bits per heavy atom. The van der Waals surface area contributed by atoms with Crippen molar-refractivity contribution in [3.8, 4) is 11.5 Å². The van der Waals surface area contributed by atoms with Crippen molar-refractivity contribution < 1.29 is 20.4 Å². The molecule has 2 rings (SSSR count). The number of hydrogen-bond donors (Lipinski definition) is 5. The third-order valence-electron chi connectivity index (χ3n) is 3.80. The maximum atomic E-state index is 10.2. The standard InChI is InChI=1S/C18H23NO4/c1-12(8-13-2-5-16(21)6-3-13)19-10-18(23)14-4-7-17(22)15(9-14)11-20/h2-7,9,12,18-23H,8,10-11H2,1H3. The van der Waals surface area contributed by atoms with Gasteiger partial charge < -0.3 is 25.7 Å². The molecule has 2 aromatic rings. The van der Waals surface area contributed by atoms with E-state index in [9.17, 15) is 15.3 Å². The summed E-state index contributed by atoms with van der Waals surface area (Å²) in [4.78, 5) is 0. The fraction of sp³-hybridized carbons (Fsp3) is 0.333. The van der Waals surface area contributed by atoms with Crippen LogP contribution in [0.25, 0.3) is 0 Å². The van der Waals surface area contributed by atoms with Crippen LogP contribution in [0, 0.1) is 0 Å². The molecule has 0 radical (unpaired) electrons. The van der Waals surface area contributed by atoms with Crippen LogP contribution in [-0.2, 0) is 13.0 Å². The molecule has 2 aromatic carbocycles. The molecule has 0 amide bonds. The summed E-state index contributed by atoms with van der Waals surface area (Å²) in [6, 6.07) is 11.9. The summed E-state index contributed by atoms with van der Waals surface area (Å²) in [5.74, 6) is 0.272. The Morgan fingerprint density at radius 1 is 1.04 bits per heavy atom. The highest BCUT2D eigenvalue weighted by molar-refractivity contribution is 5.36. The molecular weight excluding hydrogens is 294 g/mol. The van der Waals surface area contributed by atoms with E-state index in [0.717, 1.165) is 12.0 Å². The molecule has 0 aliphatic heterocycles. The smallest absolute Gasteiger partial charge is 0.121 e. The van der Waals surface area contributed by atoms with Crippen LogP contribution in [0.1, 0.15) is 29.7 Å². The number of nitrogens with one attached hydrogen (secondary N) is 1. The van der Waals surface area contributed by atoms with E-state index in [4.69, 9.17) is 5.11 Å². The van der Waals surface area contributed by atoms with Crippen molar-refractivity contribution >= 4 is 0 Å². The van der Waals surface area contributed by atoms with Crippen molar-refractivity contribution in [2.45, 2.75) is 32.1 Å². The molecule has 0 fully saturated rings. The minimum atomic E-state index is -0.719. The van der Waals surface area contributed by atoms with Crippen molar-refractivity contribution in [2.24, 2.45) is 0 Å². The van der Waals surface area contributed by atoms with Gasteiger partial charge in [0.1, 0.15) is 11.5 Å². The fourth-order valence-corrected chi connectivity index (χ4v) is 2.43. The molecule has 0 aliphatic rings. The van der Waals surface area contributed by atoms with Crippen LogP contribution in [-0.4, -0.2) is 33.0 Å². The highest BCUT2D eigenvalue weighted by atomic mass is 16.3. The molecule has 5 N–H and O–H groups in total. The first-order valence-corrected chi connectivity index (χ1v) is 7.61. The van der Waals surface area contributed by atoms with E-state index in [1.807, 2.05) is 19.1 Å². The van der Waals surface area contributed by atoms with E-state index in [2.05, 4.69) is 5.32 Å². The summed E-state index contributed by atoms with van der Waals surface area (Å²) < 4.78 is 0. The first-order valence-electron chi connectivity index (χ1n) is 7.61. The summed E-state index contributed by atoms with van der Waals surface area (Å²) in [7, 11) is 0. The topological polar surface area (TPSA) is 93.0 Å². The summed E-state index contributed by atoms with van der Waals surface area (Å²) in [5.41, 5.74) is 2.15. The first-order chi connectivity index (χ1) is 11.0. The van der Waals surface area contributed by atoms with E-state index in [-0.39, 0.29) is 24.1 Å². The Labute approximate surface area is 135 Å². The van der Waals surface area contributed by atoms with Crippen molar-refractivity contribution in [3.05, 3.63) is 59.2 Å². The van der Waals surface area contributed by atoms with Crippen LogP contribution in [0.3, 0.4) is 0 Å². The van der Waals surface area contributed by atoms with Gasteiger partial charge in [-0.05, 0) is 48.7 Å². The maximum Gasteiger partial charge on any atom is 0.121 e. The van der Waals surface area contributed by atoms with Crippen LogP contribution < -0.4 is 5.32 Å². The minimum absolute atomic E-state index is 0.0251. The van der Waals surface area contributed by atoms with Crippen molar-refractivity contribution in [1.29, 1.82) is 0 Å². The number of aliphatic hydroxyl groups is 2. The lowest BCUT2D eigenvalue weighted by Crippen LogP contribution is -2.32. The Balaban J connectivity index is 1.88. The summed E-state index contributed by atoms with van der Waals surface area (Å²) >= 11 is 0. The second-order valence-corrected chi connectivity index (χ2v) is 5.74. The molecule has 124 valence electrons. The van der Waals surface area contributed by atoms with E-state index < -0.39 is 6.10 Å². The molecule has 23 heavy (non-hydrogen) atoms. The SMILES string of the molecule is CC(Cc1ccc(O)cc1)NCC(O)c1ccc(O)c(CO)c1. The van der Waals surface area contributed by atoms with E-state index in [1.165, 1.54) is 6.07 Å². The molecule has 0 aromatic heterocycles. The largest absolute Gasteiger partial charge is 0.508 e. The van der Waals surface area contributed by atoms with Gasteiger partial charge in [0.2, 0.25) is 0 Å². The zero-order chi connectivity index (χ0) is 16.8. The number of phenols is 2. The molecule has 5 nitrogen and oxygen atoms in total. The molecule has 0 heterocycles. The number of rotatable bonds is 7. The Bertz CT molecular complexity index is 627. The van der Waals surface area contributed by atoms with Gasteiger partial charge >= 0.3 is 0 Å². The predicted molar refractivity (Wildman–Crippen MR) is 88.3 cm³/mol. The average molecular weight is 317 g/mol. The Kier molecular flexibility index (Phi) is 5.98. The maximum absolute atomic E-state index is 10.2. The monoisotopic (exact) mass is 317 g/mol. The molecule has 0 bridgehead atoms. The highest BCUT2D eigenvalue weighted by Crippen LogP contribution is 2.22. The van der Waals surface area contributed by atoms with Gasteiger partial charge in [0.05, 0.1) is 12.7 Å². The lowest BCUT2D eigenvalue weighted by atomic mass is 10.0. The van der Waals surface area contributed by atoms with Gasteiger partial charge in [0, 0.05) is 18.2 Å². The number of aromatic hydroxyl groups is 2. The first kappa shape index (κ1) is 17.3. The van der Waals surface area contributed by atoms with Crippen LogP contribution in [0.2, 0.25) is 0 Å². The summed E-state index contributed by atoms with van der Waals surface area (Å²) in [5, 5.41) is 41.4. The summed E-state index contributed by atoms with van der Waals surface area (Å²) in [6.45, 7) is 2.13. The second kappa shape index (κ2) is 7.97. The van der Waals surface area contributed by atoms with Crippen LogP contribution in [0.15, 0.2) is 42.5 Å². The summed E-state index contributed by atoms with van der Waals surface area (Å²) in [6.07, 6.45) is 0.0629. The molecule has 0 saturated heterocycles. The zero-order valence-electron chi connectivity index (χ0n) is 13.1. The van der Waals surface area contributed by atoms with E-state index in [0.29, 0.717) is 17.7 Å². The van der Waals surface area contributed by atoms with Crippen molar-refractivity contribution in [1.82, 2.24) is 5.32 Å². The lowest BCUT2D eigenvalue weighted by Gasteiger charge is -2.18. The molecule has 5 heteroatoms. The number of hydrogen-bond acceptors (Lipinski definition) is 5. The third-order valence-corrected chi connectivity index (χ3v) is 3.80. The molecule has 2 atom stereocenters. The molecule has 0 aliphatic carbocycles.